The number of benzene rings is 1. The summed E-state index contributed by atoms with van der Waals surface area (Å²) >= 11 is 0. The minimum Gasteiger partial charge on any atom is -0.379 e. The summed E-state index contributed by atoms with van der Waals surface area (Å²) in [5.41, 5.74) is 0.378. The van der Waals surface area contributed by atoms with E-state index < -0.39 is 29.7 Å². The number of piperidine rings is 1. The first kappa shape index (κ1) is 54.8. The maximum absolute atomic E-state index is 13.2. The lowest BCUT2D eigenvalue weighted by molar-refractivity contribution is -0.136. The van der Waals surface area contributed by atoms with Crippen molar-refractivity contribution in [2.45, 2.75) is 64.5 Å². The zero-order chi connectivity index (χ0) is 45.9. The van der Waals surface area contributed by atoms with Crippen LogP contribution < -0.4 is 10.6 Å². The molecular formula is C44H71N3O17. The summed E-state index contributed by atoms with van der Waals surface area (Å²) in [5, 5.41) is 4.91. The molecule has 0 aliphatic carbocycles. The number of fused-ring (bicyclic) bond motifs is 1. The van der Waals surface area contributed by atoms with Crippen LogP contribution in [0.1, 0.15) is 73.1 Å². The second kappa shape index (κ2) is 35.7. The lowest BCUT2D eigenvalue weighted by Gasteiger charge is -2.27. The lowest BCUT2D eigenvalue weighted by atomic mass is 10.0. The molecule has 0 spiro atoms. The molecule has 1 fully saturated rings. The van der Waals surface area contributed by atoms with Crippen LogP contribution in [0.2, 0.25) is 0 Å². The van der Waals surface area contributed by atoms with Crippen LogP contribution in [0.15, 0.2) is 18.2 Å². The Morgan fingerprint density at radius 2 is 1.00 bits per heavy atom. The molecule has 0 saturated carbocycles. The summed E-state index contributed by atoms with van der Waals surface area (Å²) in [4.78, 5) is 63.6. The van der Waals surface area contributed by atoms with Crippen LogP contribution in [0.3, 0.4) is 0 Å². The number of anilines is 1. The van der Waals surface area contributed by atoms with Gasteiger partial charge in [-0.1, -0.05) is 12.5 Å². The highest BCUT2D eigenvalue weighted by molar-refractivity contribution is 6.26. The van der Waals surface area contributed by atoms with Crippen LogP contribution in [-0.2, 0) is 71.2 Å². The number of hydrogen-bond donors (Lipinski definition) is 2. The van der Waals surface area contributed by atoms with Crippen LogP contribution in [0.5, 0.6) is 0 Å². The highest BCUT2D eigenvalue weighted by Crippen LogP contribution is 2.32. The average molecular weight is 914 g/mol. The van der Waals surface area contributed by atoms with Crippen molar-refractivity contribution < 1.29 is 80.8 Å². The first-order chi connectivity index (χ1) is 31.3. The van der Waals surface area contributed by atoms with Gasteiger partial charge in [0.05, 0.1) is 168 Å². The molecule has 364 valence electrons. The molecule has 20 heteroatoms. The van der Waals surface area contributed by atoms with Crippen LogP contribution in [0.25, 0.3) is 0 Å². The third-order valence-corrected chi connectivity index (χ3v) is 9.33. The average Bonchev–Trinajstić information content (AvgIpc) is 3.53. The highest BCUT2D eigenvalue weighted by atomic mass is 16.6. The van der Waals surface area contributed by atoms with E-state index in [4.69, 9.17) is 56.8 Å². The first-order valence-corrected chi connectivity index (χ1v) is 22.4. The van der Waals surface area contributed by atoms with Crippen molar-refractivity contribution in [1.29, 1.82) is 0 Å². The Morgan fingerprint density at radius 1 is 0.578 bits per heavy atom. The zero-order valence-corrected chi connectivity index (χ0v) is 37.8. The van der Waals surface area contributed by atoms with E-state index in [1.54, 1.807) is 12.1 Å². The molecule has 2 N–H and O–H groups in total. The van der Waals surface area contributed by atoms with E-state index in [0.29, 0.717) is 158 Å². The van der Waals surface area contributed by atoms with Crippen LogP contribution in [0, 0.1) is 0 Å². The van der Waals surface area contributed by atoms with Gasteiger partial charge < -0.3 is 62.2 Å². The van der Waals surface area contributed by atoms with Crippen LogP contribution in [-0.4, -0.2) is 199 Å². The molecule has 1 saturated heterocycles. The number of unbranched alkanes of at least 4 members (excludes halogenated alkanes) is 2. The van der Waals surface area contributed by atoms with Gasteiger partial charge in [0.15, 0.2) is 0 Å². The van der Waals surface area contributed by atoms with E-state index in [2.05, 4.69) is 10.6 Å². The Morgan fingerprint density at radius 3 is 1.42 bits per heavy atom. The summed E-state index contributed by atoms with van der Waals surface area (Å²) in [5.74, 6) is -2.72. The maximum Gasteiger partial charge on any atom is 0.264 e. The smallest absolute Gasteiger partial charge is 0.264 e. The standard InChI is InChI=1S/C44H71N3O17/c1-35(2)64-34-33-63-32-31-62-30-29-61-28-27-60-26-25-59-24-23-58-22-21-57-20-19-56-18-17-55-16-15-54-14-13-53-12-5-3-4-9-39(48)45-37-8-6-7-36-41(37)44(52)47(43(36)51)38-10-11-40(49)46-42(38)50/h6-8,35,38H,3-5,9-34H2,1-2H3,(H,45,48)(H,46,49,50). The molecule has 1 atom stereocenters. The van der Waals surface area contributed by atoms with E-state index in [-0.39, 0.29) is 48.1 Å². The maximum atomic E-state index is 13.2. The summed E-state index contributed by atoms with van der Waals surface area (Å²) < 4.78 is 65.8. The number of rotatable bonds is 42. The van der Waals surface area contributed by atoms with Crippen molar-refractivity contribution in [3.8, 4) is 0 Å². The lowest BCUT2D eigenvalue weighted by Crippen LogP contribution is -2.54. The van der Waals surface area contributed by atoms with Crippen molar-refractivity contribution in [1.82, 2.24) is 10.2 Å². The molecule has 20 nitrogen and oxygen atoms in total. The number of nitrogens with zero attached hydrogens (tertiary/aromatic N) is 1. The van der Waals surface area contributed by atoms with Gasteiger partial charge in [0.25, 0.3) is 11.8 Å². The van der Waals surface area contributed by atoms with Gasteiger partial charge in [0.1, 0.15) is 6.04 Å². The van der Waals surface area contributed by atoms with E-state index in [1.807, 2.05) is 13.8 Å². The van der Waals surface area contributed by atoms with Gasteiger partial charge in [0, 0.05) is 19.4 Å². The van der Waals surface area contributed by atoms with Gasteiger partial charge in [-0.25, -0.2) is 0 Å². The SMILES string of the molecule is CC(C)OCCOCCOCCOCCOCCOCCOCCOCCOCCOCCOCCOCCCCCC(=O)Nc1cccc2c1C(=O)N(C1CCC(=O)NC1=O)C2=O. The van der Waals surface area contributed by atoms with Gasteiger partial charge >= 0.3 is 0 Å². The molecule has 0 bridgehead atoms. The highest BCUT2D eigenvalue weighted by Gasteiger charge is 2.45. The summed E-state index contributed by atoms with van der Waals surface area (Å²) in [6.45, 7) is 15.3. The van der Waals surface area contributed by atoms with Gasteiger partial charge in [-0.2, -0.15) is 0 Å². The third kappa shape index (κ3) is 24.1. The van der Waals surface area contributed by atoms with Crippen molar-refractivity contribution >= 4 is 35.2 Å². The Bertz CT molecular complexity index is 1470. The van der Waals surface area contributed by atoms with Crippen LogP contribution in [0.4, 0.5) is 5.69 Å². The minimum atomic E-state index is -1.08. The number of nitrogens with one attached hydrogen (secondary N) is 2. The second-order valence-corrected chi connectivity index (χ2v) is 14.7. The number of carbonyl (C=O) groups excluding carboxylic acids is 5. The van der Waals surface area contributed by atoms with E-state index in [1.165, 1.54) is 6.07 Å². The second-order valence-electron chi connectivity index (χ2n) is 14.7. The monoisotopic (exact) mass is 913 g/mol. The Balaban J connectivity index is 0.978. The molecule has 2 aliphatic rings. The fraction of sp³-hybridized carbons (Fsp3) is 0.750. The molecule has 2 aliphatic heterocycles. The summed E-state index contributed by atoms with van der Waals surface area (Å²) in [7, 11) is 0. The predicted molar refractivity (Wildman–Crippen MR) is 230 cm³/mol. The molecule has 64 heavy (non-hydrogen) atoms. The minimum absolute atomic E-state index is 0.0269. The number of imide groups is 2. The first-order valence-electron chi connectivity index (χ1n) is 22.4. The van der Waals surface area contributed by atoms with Crippen molar-refractivity contribution in [3.63, 3.8) is 0 Å². The van der Waals surface area contributed by atoms with Gasteiger partial charge in [-0.3, -0.25) is 34.2 Å². The van der Waals surface area contributed by atoms with Crippen molar-refractivity contribution in [2.24, 2.45) is 0 Å². The Labute approximate surface area is 376 Å². The molecule has 2 heterocycles. The van der Waals surface area contributed by atoms with Gasteiger partial charge in [-0.15, -0.1) is 0 Å². The summed E-state index contributed by atoms with van der Waals surface area (Å²) in [6, 6.07) is 3.53. The quantitative estimate of drug-likeness (QED) is 0.0709. The normalized spacial score (nSPS) is 15.1. The molecule has 5 amide bonds. The fourth-order valence-electron chi connectivity index (χ4n) is 6.14. The van der Waals surface area contributed by atoms with Crippen LogP contribution >= 0.6 is 0 Å². The topological polar surface area (TPSA) is 223 Å². The number of ether oxygens (including phenoxy) is 12. The Kier molecular flexibility index (Phi) is 30.6. The van der Waals surface area contributed by atoms with Gasteiger partial charge in [0.2, 0.25) is 17.7 Å². The molecule has 0 aromatic heterocycles. The molecular weight excluding hydrogens is 842 g/mol. The number of hydrogen-bond acceptors (Lipinski definition) is 17. The third-order valence-electron chi connectivity index (χ3n) is 9.33. The molecule has 1 aromatic rings. The fourth-order valence-corrected chi connectivity index (χ4v) is 6.14. The van der Waals surface area contributed by atoms with Crippen molar-refractivity contribution in [2.75, 3.05) is 157 Å². The molecule has 1 unspecified atom stereocenters. The van der Waals surface area contributed by atoms with E-state index in [0.717, 1.165) is 17.7 Å². The number of carbonyl (C=O) groups is 5. The molecule has 1 aromatic carbocycles. The van der Waals surface area contributed by atoms with Gasteiger partial charge in [-0.05, 0) is 45.2 Å². The predicted octanol–water partition coefficient (Wildman–Crippen LogP) is 2.19. The van der Waals surface area contributed by atoms with Crippen molar-refractivity contribution in [3.05, 3.63) is 29.3 Å². The van der Waals surface area contributed by atoms with E-state index in [9.17, 15) is 24.0 Å². The number of amides is 5. The molecule has 0 radical (unpaired) electrons. The Hall–Kier alpha value is -3.51. The molecule has 3 rings (SSSR count). The zero-order valence-electron chi connectivity index (χ0n) is 37.8. The van der Waals surface area contributed by atoms with E-state index >= 15 is 0 Å². The largest absolute Gasteiger partial charge is 0.379 e. The summed E-state index contributed by atoms with van der Waals surface area (Å²) in [6.07, 6.45) is 2.66.